The van der Waals surface area contributed by atoms with E-state index in [1.165, 1.54) is 12.8 Å². The molecule has 2 aromatic rings. The van der Waals surface area contributed by atoms with Crippen LogP contribution in [0.4, 0.5) is 5.82 Å². The molecule has 5 heteroatoms. The standard InChI is InChI=1S/C15H16BrN3O/c1-8-7-10(5-6-11(8)20-2)15-18-13(9-3-4-9)12(16)14(17)19-15/h5-7,9H,3-4H2,1-2H3,(H2,17,18,19). The number of anilines is 1. The molecule has 1 aliphatic carbocycles. The molecule has 0 aliphatic heterocycles. The van der Waals surface area contributed by atoms with E-state index < -0.39 is 0 Å². The highest BCUT2D eigenvalue weighted by molar-refractivity contribution is 9.10. The van der Waals surface area contributed by atoms with Gasteiger partial charge in [0.2, 0.25) is 0 Å². The van der Waals surface area contributed by atoms with Crippen LogP contribution in [0.3, 0.4) is 0 Å². The van der Waals surface area contributed by atoms with Crippen LogP contribution < -0.4 is 10.5 Å². The van der Waals surface area contributed by atoms with Gasteiger partial charge >= 0.3 is 0 Å². The average molecular weight is 334 g/mol. The van der Waals surface area contributed by atoms with Crippen molar-refractivity contribution in [1.82, 2.24) is 9.97 Å². The lowest BCUT2D eigenvalue weighted by atomic mass is 10.1. The third-order valence-electron chi connectivity index (χ3n) is 3.52. The van der Waals surface area contributed by atoms with Crippen LogP contribution in [-0.4, -0.2) is 17.1 Å². The molecule has 0 spiro atoms. The van der Waals surface area contributed by atoms with Crippen molar-refractivity contribution in [2.24, 2.45) is 0 Å². The second-order valence-corrected chi connectivity index (χ2v) is 5.88. The van der Waals surface area contributed by atoms with Crippen molar-refractivity contribution in [2.45, 2.75) is 25.7 Å². The summed E-state index contributed by atoms with van der Waals surface area (Å²) in [7, 11) is 1.67. The molecule has 3 rings (SSSR count). The van der Waals surface area contributed by atoms with E-state index in [1.807, 2.05) is 25.1 Å². The highest BCUT2D eigenvalue weighted by Crippen LogP contribution is 2.44. The first kappa shape index (κ1) is 13.4. The van der Waals surface area contributed by atoms with E-state index in [0.29, 0.717) is 17.6 Å². The fourth-order valence-corrected chi connectivity index (χ4v) is 2.76. The molecule has 1 aromatic carbocycles. The third-order valence-corrected chi connectivity index (χ3v) is 4.33. The lowest BCUT2D eigenvalue weighted by Gasteiger charge is -2.10. The van der Waals surface area contributed by atoms with Gasteiger partial charge < -0.3 is 10.5 Å². The predicted octanol–water partition coefficient (Wildman–Crippen LogP) is 3.68. The molecule has 0 unspecified atom stereocenters. The second kappa shape index (κ2) is 5.05. The van der Waals surface area contributed by atoms with E-state index in [0.717, 1.165) is 27.0 Å². The number of aryl methyl sites for hydroxylation is 1. The molecule has 104 valence electrons. The van der Waals surface area contributed by atoms with Gasteiger partial charge in [-0.15, -0.1) is 0 Å². The Morgan fingerprint density at radius 3 is 2.65 bits per heavy atom. The van der Waals surface area contributed by atoms with Crippen LogP contribution in [0, 0.1) is 6.92 Å². The molecule has 0 amide bonds. The van der Waals surface area contributed by atoms with Crippen molar-refractivity contribution in [3.63, 3.8) is 0 Å². The number of methoxy groups -OCH3 is 1. The monoisotopic (exact) mass is 333 g/mol. The van der Waals surface area contributed by atoms with Crippen LogP contribution in [0.5, 0.6) is 5.75 Å². The van der Waals surface area contributed by atoms with Gasteiger partial charge in [-0.25, -0.2) is 9.97 Å². The minimum absolute atomic E-state index is 0.505. The zero-order valence-electron chi connectivity index (χ0n) is 11.5. The van der Waals surface area contributed by atoms with Crippen molar-refractivity contribution in [2.75, 3.05) is 12.8 Å². The highest BCUT2D eigenvalue weighted by atomic mass is 79.9. The minimum atomic E-state index is 0.505. The average Bonchev–Trinajstić information content (AvgIpc) is 3.26. The summed E-state index contributed by atoms with van der Waals surface area (Å²) in [6.07, 6.45) is 2.35. The van der Waals surface area contributed by atoms with E-state index in [-0.39, 0.29) is 0 Å². The molecule has 4 nitrogen and oxygen atoms in total. The molecule has 0 atom stereocenters. The summed E-state index contributed by atoms with van der Waals surface area (Å²) in [6.45, 7) is 2.01. The van der Waals surface area contributed by atoms with Gasteiger partial charge in [0.15, 0.2) is 5.82 Å². The molecular formula is C15H16BrN3O. The first-order valence-corrected chi connectivity index (χ1v) is 7.37. The molecule has 1 aliphatic rings. The molecule has 20 heavy (non-hydrogen) atoms. The third kappa shape index (κ3) is 2.38. The largest absolute Gasteiger partial charge is 0.496 e. The van der Waals surface area contributed by atoms with Crippen molar-refractivity contribution < 1.29 is 4.74 Å². The normalized spacial score (nSPS) is 14.3. The number of halogens is 1. The summed E-state index contributed by atoms with van der Waals surface area (Å²) in [5.74, 6) is 2.57. The minimum Gasteiger partial charge on any atom is -0.496 e. The van der Waals surface area contributed by atoms with Crippen LogP contribution in [0.25, 0.3) is 11.4 Å². The number of ether oxygens (including phenoxy) is 1. The number of nitrogen functional groups attached to an aromatic ring is 1. The van der Waals surface area contributed by atoms with Crippen LogP contribution >= 0.6 is 15.9 Å². The molecule has 2 N–H and O–H groups in total. The van der Waals surface area contributed by atoms with Crippen LogP contribution in [0.1, 0.15) is 30.0 Å². The summed E-state index contributed by atoms with van der Waals surface area (Å²) in [5, 5.41) is 0. The van der Waals surface area contributed by atoms with Crippen molar-refractivity contribution in [3.05, 3.63) is 33.9 Å². The molecule has 1 heterocycles. The van der Waals surface area contributed by atoms with Gasteiger partial charge in [0.1, 0.15) is 11.6 Å². The van der Waals surface area contributed by atoms with Crippen LogP contribution in [0.2, 0.25) is 0 Å². The van der Waals surface area contributed by atoms with E-state index >= 15 is 0 Å². The van der Waals surface area contributed by atoms with E-state index in [9.17, 15) is 0 Å². The Morgan fingerprint density at radius 2 is 2.05 bits per heavy atom. The highest BCUT2D eigenvalue weighted by Gasteiger charge is 2.29. The Hall–Kier alpha value is -1.62. The molecule has 1 fully saturated rings. The van der Waals surface area contributed by atoms with Crippen LogP contribution in [-0.2, 0) is 0 Å². The molecule has 1 aromatic heterocycles. The molecule has 0 bridgehead atoms. The Labute approximate surface area is 126 Å². The van der Waals surface area contributed by atoms with Gasteiger partial charge in [-0.3, -0.25) is 0 Å². The molecule has 0 saturated heterocycles. The maximum absolute atomic E-state index is 6.00. The van der Waals surface area contributed by atoms with Crippen molar-refractivity contribution >= 4 is 21.7 Å². The number of hydrogen-bond acceptors (Lipinski definition) is 4. The number of rotatable bonds is 3. The summed E-state index contributed by atoms with van der Waals surface area (Å²) >= 11 is 3.49. The number of nitrogens with zero attached hydrogens (tertiary/aromatic N) is 2. The predicted molar refractivity (Wildman–Crippen MR) is 82.8 cm³/mol. The maximum Gasteiger partial charge on any atom is 0.161 e. The summed E-state index contributed by atoms with van der Waals surface area (Å²) in [4.78, 5) is 9.07. The fourth-order valence-electron chi connectivity index (χ4n) is 2.26. The smallest absolute Gasteiger partial charge is 0.161 e. The molecular weight excluding hydrogens is 318 g/mol. The topological polar surface area (TPSA) is 61.0 Å². The van der Waals surface area contributed by atoms with Crippen LogP contribution in [0.15, 0.2) is 22.7 Å². The number of aromatic nitrogens is 2. The number of benzene rings is 1. The van der Waals surface area contributed by atoms with Gasteiger partial charge in [-0.05, 0) is 59.5 Å². The number of nitrogens with two attached hydrogens (primary N) is 1. The van der Waals surface area contributed by atoms with Gasteiger partial charge in [0.05, 0.1) is 17.3 Å². The Morgan fingerprint density at radius 1 is 1.30 bits per heavy atom. The first-order valence-electron chi connectivity index (χ1n) is 6.58. The van der Waals surface area contributed by atoms with E-state index in [4.69, 9.17) is 10.5 Å². The van der Waals surface area contributed by atoms with Gasteiger partial charge in [-0.2, -0.15) is 0 Å². The Kier molecular flexibility index (Phi) is 3.38. The number of hydrogen-bond donors (Lipinski definition) is 1. The summed E-state index contributed by atoms with van der Waals surface area (Å²) in [5.41, 5.74) is 9.05. The summed E-state index contributed by atoms with van der Waals surface area (Å²) < 4.78 is 6.12. The van der Waals surface area contributed by atoms with Gasteiger partial charge in [-0.1, -0.05) is 0 Å². The van der Waals surface area contributed by atoms with E-state index in [1.54, 1.807) is 7.11 Å². The molecule has 0 radical (unpaired) electrons. The zero-order chi connectivity index (χ0) is 14.3. The second-order valence-electron chi connectivity index (χ2n) is 5.09. The molecule has 1 saturated carbocycles. The van der Waals surface area contributed by atoms with Crippen molar-refractivity contribution in [1.29, 1.82) is 0 Å². The quantitative estimate of drug-likeness (QED) is 0.930. The Balaban J connectivity index is 2.07. The SMILES string of the molecule is COc1ccc(-c2nc(N)c(Br)c(C3CC3)n2)cc1C. The van der Waals surface area contributed by atoms with Gasteiger partial charge in [0.25, 0.3) is 0 Å². The Bertz CT molecular complexity index is 668. The zero-order valence-corrected chi connectivity index (χ0v) is 13.1. The van der Waals surface area contributed by atoms with Crippen molar-refractivity contribution in [3.8, 4) is 17.1 Å². The maximum atomic E-state index is 6.00. The lowest BCUT2D eigenvalue weighted by molar-refractivity contribution is 0.412. The van der Waals surface area contributed by atoms with Gasteiger partial charge in [0, 0.05) is 11.5 Å². The first-order chi connectivity index (χ1) is 9.60. The fraction of sp³-hybridized carbons (Fsp3) is 0.333. The van der Waals surface area contributed by atoms with E-state index in [2.05, 4.69) is 25.9 Å². The summed E-state index contributed by atoms with van der Waals surface area (Å²) in [6, 6.07) is 5.92. The lowest BCUT2D eigenvalue weighted by Crippen LogP contribution is -2.02.